The number of anilines is 1. The number of fused-ring (bicyclic) bond motifs is 2. The van der Waals surface area contributed by atoms with Gasteiger partial charge in [-0.3, -0.25) is 0 Å². The summed E-state index contributed by atoms with van der Waals surface area (Å²) >= 11 is 12.2. The van der Waals surface area contributed by atoms with Crippen LogP contribution >= 0.6 is 23.2 Å². The van der Waals surface area contributed by atoms with E-state index in [2.05, 4.69) is 6.92 Å². The number of ether oxygens (including phenoxy) is 1. The van der Waals surface area contributed by atoms with E-state index in [9.17, 15) is 0 Å². The molecular formula is C21H19Cl2N2O2+. The summed E-state index contributed by atoms with van der Waals surface area (Å²) in [5, 5.41) is 1.37. The number of aromatic nitrogens is 1. The number of nitrogens with zero attached hydrogens (tertiary/aromatic N) is 2. The van der Waals surface area contributed by atoms with Gasteiger partial charge in [0.15, 0.2) is 5.75 Å². The minimum Gasteiger partial charge on any atom is -0.439 e. The summed E-state index contributed by atoms with van der Waals surface area (Å²) in [7, 11) is 3.93. The zero-order valence-electron chi connectivity index (χ0n) is 15.3. The third-order valence-corrected chi connectivity index (χ3v) is 5.15. The van der Waals surface area contributed by atoms with Crippen LogP contribution in [0.1, 0.15) is 19.2 Å². The Morgan fingerprint density at radius 2 is 1.89 bits per heavy atom. The molecule has 2 aromatic carbocycles. The maximum Gasteiger partial charge on any atom is 0.374 e. The van der Waals surface area contributed by atoms with Crippen LogP contribution in [-0.4, -0.2) is 7.05 Å². The fraction of sp³-hybridized carbons (Fsp3) is 0.190. The van der Waals surface area contributed by atoms with E-state index in [1.807, 2.05) is 72.1 Å². The van der Waals surface area contributed by atoms with Crippen molar-refractivity contribution >= 4 is 46.1 Å². The molecule has 0 amide bonds. The lowest BCUT2D eigenvalue weighted by atomic mass is 10.2. The van der Waals surface area contributed by atoms with Crippen LogP contribution in [0, 0.1) is 0 Å². The number of halogens is 2. The van der Waals surface area contributed by atoms with Crippen LogP contribution in [0.4, 0.5) is 5.69 Å². The first kappa shape index (κ1) is 18.0. The second-order valence-corrected chi connectivity index (χ2v) is 7.31. The van der Waals surface area contributed by atoms with Gasteiger partial charge in [0.05, 0.1) is 11.8 Å². The zero-order valence-corrected chi connectivity index (χ0v) is 16.8. The standard InChI is InChI=1S/C21H19Cl2N2O2/c1-4-13(9-20-24(2)16-11-14(22)5-7-18(16)26-20)10-21-25(3)17-12-15(23)6-8-19(17)27-21/h5-12H,4H2,1-3H3/q+1. The number of oxazole rings is 1. The maximum absolute atomic E-state index is 6.11. The smallest absolute Gasteiger partial charge is 0.374 e. The number of hydrogen-bond acceptors (Lipinski definition) is 3. The monoisotopic (exact) mass is 401 g/mol. The normalized spacial score (nSPS) is 15.5. The average Bonchev–Trinajstić information content (AvgIpc) is 3.12. The minimum absolute atomic E-state index is 0.685. The van der Waals surface area contributed by atoms with Gasteiger partial charge in [0.2, 0.25) is 11.5 Å². The highest BCUT2D eigenvalue weighted by Gasteiger charge is 2.24. The van der Waals surface area contributed by atoms with Crippen LogP contribution in [0.5, 0.6) is 5.75 Å². The predicted molar refractivity (Wildman–Crippen MR) is 109 cm³/mol. The molecule has 0 atom stereocenters. The van der Waals surface area contributed by atoms with Crippen molar-refractivity contribution in [3.8, 4) is 5.75 Å². The SMILES string of the molecule is CCC(=Cc1oc2ccc(Cl)cc2[n+]1C)C=C1Oc2ccc(Cl)cc2N1C. The molecule has 0 aliphatic carbocycles. The molecule has 0 fully saturated rings. The van der Waals surface area contributed by atoms with E-state index in [1.165, 1.54) is 0 Å². The topological polar surface area (TPSA) is 29.5 Å². The molecule has 0 spiro atoms. The molecule has 1 aliphatic heterocycles. The van der Waals surface area contributed by atoms with Crippen molar-refractivity contribution in [1.82, 2.24) is 0 Å². The number of hydrogen-bond donors (Lipinski definition) is 0. The van der Waals surface area contributed by atoms with Gasteiger partial charge in [-0.05, 0) is 42.3 Å². The van der Waals surface area contributed by atoms with Gasteiger partial charge in [0, 0.05) is 29.2 Å². The Morgan fingerprint density at radius 3 is 2.67 bits per heavy atom. The van der Waals surface area contributed by atoms with E-state index in [0.29, 0.717) is 10.0 Å². The predicted octanol–water partition coefficient (Wildman–Crippen LogP) is 5.73. The third kappa shape index (κ3) is 3.31. The van der Waals surface area contributed by atoms with Crippen molar-refractivity contribution in [2.75, 3.05) is 11.9 Å². The van der Waals surface area contributed by atoms with E-state index >= 15 is 0 Å². The van der Waals surface area contributed by atoms with Crippen LogP contribution in [0.25, 0.3) is 17.2 Å². The Morgan fingerprint density at radius 1 is 1.15 bits per heavy atom. The fourth-order valence-corrected chi connectivity index (χ4v) is 3.43. The molecule has 3 aromatic rings. The van der Waals surface area contributed by atoms with Gasteiger partial charge in [0.25, 0.3) is 5.52 Å². The van der Waals surface area contributed by atoms with Crippen molar-refractivity contribution in [1.29, 1.82) is 0 Å². The molecule has 1 aromatic heterocycles. The first-order chi connectivity index (χ1) is 13.0. The molecular weight excluding hydrogens is 383 g/mol. The lowest BCUT2D eigenvalue weighted by molar-refractivity contribution is -0.652. The minimum atomic E-state index is 0.685. The molecule has 4 rings (SSSR count). The molecule has 0 saturated heterocycles. The van der Waals surface area contributed by atoms with E-state index in [4.69, 9.17) is 32.4 Å². The van der Waals surface area contributed by atoms with Gasteiger partial charge in [-0.25, -0.2) is 0 Å². The molecule has 4 nitrogen and oxygen atoms in total. The van der Waals surface area contributed by atoms with E-state index in [0.717, 1.165) is 46.3 Å². The molecule has 1 aliphatic rings. The van der Waals surface area contributed by atoms with Gasteiger partial charge in [-0.2, -0.15) is 4.57 Å². The van der Waals surface area contributed by atoms with Crippen molar-refractivity contribution in [3.05, 3.63) is 69.9 Å². The highest BCUT2D eigenvalue weighted by Crippen LogP contribution is 2.40. The molecule has 2 heterocycles. The van der Waals surface area contributed by atoms with Crippen LogP contribution in [0.3, 0.4) is 0 Å². The summed E-state index contributed by atoms with van der Waals surface area (Å²) in [4.78, 5) is 1.99. The number of aryl methyl sites for hydroxylation is 1. The van der Waals surface area contributed by atoms with Crippen molar-refractivity contribution in [3.63, 3.8) is 0 Å². The Bertz CT molecular complexity index is 1100. The zero-order chi connectivity index (χ0) is 19.1. The van der Waals surface area contributed by atoms with Crippen LogP contribution in [-0.2, 0) is 7.05 Å². The number of rotatable bonds is 3. The Kier molecular flexibility index (Phi) is 4.62. The lowest BCUT2D eigenvalue weighted by Crippen LogP contribution is -2.29. The van der Waals surface area contributed by atoms with Crippen molar-refractivity contribution in [2.45, 2.75) is 13.3 Å². The average molecular weight is 402 g/mol. The highest BCUT2D eigenvalue weighted by molar-refractivity contribution is 6.31. The fourth-order valence-electron chi connectivity index (χ4n) is 3.09. The first-order valence-corrected chi connectivity index (χ1v) is 9.43. The quantitative estimate of drug-likeness (QED) is 0.524. The molecule has 0 saturated carbocycles. The summed E-state index contributed by atoms with van der Waals surface area (Å²) < 4.78 is 14.0. The van der Waals surface area contributed by atoms with E-state index in [-0.39, 0.29) is 0 Å². The first-order valence-electron chi connectivity index (χ1n) is 8.67. The second-order valence-electron chi connectivity index (χ2n) is 6.44. The van der Waals surface area contributed by atoms with Gasteiger partial charge < -0.3 is 14.1 Å². The lowest BCUT2D eigenvalue weighted by Gasteiger charge is -2.11. The van der Waals surface area contributed by atoms with E-state index in [1.54, 1.807) is 0 Å². The van der Waals surface area contributed by atoms with Crippen molar-refractivity contribution < 1.29 is 13.7 Å². The largest absolute Gasteiger partial charge is 0.439 e. The molecule has 0 N–H and O–H groups in total. The number of allylic oxidation sites excluding steroid dienone is 2. The molecule has 27 heavy (non-hydrogen) atoms. The van der Waals surface area contributed by atoms with Crippen LogP contribution in [0.15, 0.2) is 58.3 Å². The highest BCUT2D eigenvalue weighted by atomic mass is 35.5. The van der Waals surface area contributed by atoms with Crippen LogP contribution < -0.4 is 14.2 Å². The maximum atomic E-state index is 6.11. The summed E-state index contributed by atoms with van der Waals surface area (Å²) in [5.41, 5.74) is 3.78. The van der Waals surface area contributed by atoms with Gasteiger partial charge in [-0.15, -0.1) is 0 Å². The number of benzene rings is 2. The van der Waals surface area contributed by atoms with Gasteiger partial charge in [-0.1, -0.05) is 30.1 Å². The van der Waals surface area contributed by atoms with Gasteiger partial charge >= 0.3 is 5.89 Å². The molecule has 0 bridgehead atoms. The van der Waals surface area contributed by atoms with Crippen molar-refractivity contribution in [2.24, 2.45) is 7.05 Å². The second kappa shape index (κ2) is 6.95. The summed E-state index contributed by atoms with van der Waals surface area (Å²) in [6.45, 7) is 2.10. The van der Waals surface area contributed by atoms with E-state index < -0.39 is 0 Å². The molecule has 0 unspecified atom stereocenters. The Hall–Kier alpha value is -2.43. The molecule has 0 radical (unpaired) electrons. The third-order valence-electron chi connectivity index (χ3n) is 4.68. The molecule has 6 heteroatoms. The summed E-state index contributed by atoms with van der Waals surface area (Å²) in [6.07, 6.45) is 4.87. The summed E-state index contributed by atoms with van der Waals surface area (Å²) in [6, 6.07) is 11.2. The Labute approximate surface area is 167 Å². The molecule has 138 valence electrons. The Balaban J connectivity index is 1.71. The summed E-state index contributed by atoms with van der Waals surface area (Å²) in [5.74, 6) is 2.30. The van der Waals surface area contributed by atoms with Gasteiger partial charge in [0.1, 0.15) is 7.05 Å². The van der Waals surface area contributed by atoms with Crippen LogP contribution in [0.2, 0.25) is 10.0 Å².